The van der Waals surface area contributed by atoms with Crippen molar-refractivity contribution in [2.45, 2.75) is 9.79 Å². The summed E-state index contributed by atoms with van der Waals surface area (Å²) in [6.45, 7) is 0.388. The Morgan fingerprint density at radius 2 is 1.73 bits per heavy atom. The summed E-state index contributed by atoms with van der Waals surface area (Å²) in [5.41, 5.74) is 0. The molecule has 0 unspecified atom stereocenters. The molecule has 0 bridgehead atoms. The van der Waals surface area contributed by atoms with Gasteiger partial charge in [0.15, 0.2) is 0 Å². The van der Waals surface area contributed by atoms with Crippen LogP contribution in [-0.4, -0.2) is 27.8 Å². The second kappa shape index (κ2) is 8.47. The number of benzene rings is 2. The van der Waals surface area contributed by atoms with Gasteiger partial charge in [0.2, 0.25) is 10.0 Å². The zero-order valence-corrected chi connectivity index (χ0v) is 14.5. The normalized spacial score (nSPS) is 11.3. The van der Waals surface area contributed by atoms with E-state index in [4.69, 9.17) is 4.74 Å². The van der Waals surface area contributed by atoms with Crippen molar-refractivity contribution in [3.05, 3.63) is 54.6 Å². The second-order valence-corrected chi connectivity index (χ2v) is 8.55. The molecule has 2 aromatic rings. The van der Waals surface area contributed by atoms with Gasteiger partial charge in [0.05, 0.1) is 12.0 Å². The molecule has 0 aromatic heterocycles. The molecule has 1 N–H and O–H groups in total. The molecule has 0 fully saturated rings. The van der Waals surface area contributed by atoms with Gasteiger partial charge in [-0.1, -0.05) is 39.8 Å². The van der Waals surface area contributed by atoms with Crippen LogP contribution < -0.4 is 9.46 Å². The fourth-order valence-corrected chi connectivity index (χ4v) is 4.72. The van der Waals surface area contributed by atoms with Crippen LogP contribution in [0.25, 0.3) is 0 Å². The maximum atomic E-state index is 12.1. The van der Waals surface area contributed by atoms with Crippen LogP contribution in [0.3, 0.4) is 0 Å². The van der Waals surface area contributed by atoms with E-state index in [-0.39, 0.29) is 4.90 Å². The van der Waals surface area contributed by atoms with Gasteiger partial charge < -0.3 is 4.74 Å². The molecule has 2 aromatic carbocycles. The highest BCUT2D eigenvalue weighted by Crippen LogP contribution is 2.30. The molecule has 7 heteroatoms. The molecular weight excluding hydrogens is 338 g/mol. The summed E-state index contributed by atoms with van der Waals surface area (Å²) in [6.07, 6.45) is 0. The number of ether oxygens (including phenoxy) is 1. The topological polar surface area (TPSA) is 55.4 Å². The van der Waals surface area contributed by atoms with Crippen molar-refractivity contribution in [1.82, 2.24) is 4.72 Å². The van der Waals surface area contributed by atoms with Crippen LogP contribution in [0.2, 0.25) is 0 Å². The van der Waals surface area contributed by atoms with Gasteiger partial charge >= 0.3 is 0 Å². The Hall–Kier alpha value is -1.15. The zero-order chi connectivity index (χ0) is 15.8. The molecular formula is C15H17NO3S3. The third-order valence-corrected chi connectivity index (χ3v) is 6.61. The first-order valence-electron chi connectivity index (χ1n) is 6.60. The van der Waals surface area contributed by atoms with Crippen molar-refractivity contribution in [3.8, 4) is 5.75 Å². The summed E-state index contributed by atoms with van der Waals surface area (Å²) >= 11 is 0. The van der Waals surface area contributed by atoms with Crippen LogP contribution in [0.4, 0.5) is 0 Å². The smallest absolute Gasteiger partial charge is 0.240 e. The molecule has 0 aliphatic rings. The van der Waals surface area contributed by atoms with Crippen molar-refractivity contribution < 1.29 is 13.2 Å². The molecule has 0 saturated carbocycles. The van der Waals surface area contributed by atoms with Gasteiger partial charge in [-0.3, -0.25) is 0 Å². The lowest BCUT2D eigenvalue weighted by Crippen LogP contribution is -2.25. The second-order valence-electron chi connectivity index (χ2n) is 4.29. The number of hydrogen-bond acceptors (Lipinski definition) is 5. The van der Waals surface area contributed by atoms with E-state index in [9.17, 15) is 8.42 Å². The quantitative estimate of drug-likeness (QED) is 0.581. The van der Waals surface area contributed by atoms with E-state index in [1.807, 2.05) is 30.3 Å². The van der Waals surface area contributed by atoms with Crippen molar-refractivity contribution in [2.75, 3.05) is 19.4 Å². The van der Waals surface area contributed by atoms with Crippen molar-refractivity contribution in [2.24, 2.45) is 0 Å². The number of nitrogens with one attached hydrogen (secondary N) is 1. The van der Waals surface area contributed by atoms with Gasteiger partial charge in [-0.05, 0) is 36.4 Å². The van der Waals surface area contributed by atoms with Crippen molar-refractivity contribution in [3.63, 3.8) is 0 Å². The Morgan fingerprint density at radius 1 is 1.05 bits per heavy atom. The Labute approximate surface area is 139 Å². The SMILES string of the molecule is COc1ccc(S(=O)(=O)NCCSSc2ccccc2)cc1. The monoisotopic (exact) mass is 355 g/mol. The standard InChI is InChI=1S/C15H17NO3S3/c1-19-13-7-9-15(10-8-13)22(17,18)16-11-12-20-21-14-5-3-2-4-6-14/h2-10,16H,11-12H2,1H3. The Kier molecular flexibility index (Phi) is 6.63. The molecule has 0 atom stereocenters. The molecule has 2 rings (SSSR count). The largest absolute Gasteiger partial charge is 0.497 e. The van der Waals surface area contributed by atoms with Crippen molar-refractivity contribution in [1.29, 1.82) is 0 Å². The Balaban J connectivity index is 1.77. The summed E-state index contributed by atoms with van der Waals surface area (Å²) in [6, 6.07) is 16.3. The van der Waals surface area contributed by atoms with E-state index < -0.39 is 10.0 Å². The van der Waals surface area contributed by atoms with E-state index in [0.717, 1.165) is 4.90 Å². The highest BCUT2D eigenvalue weighted by Gasteiger charge is 2.13. The first kappa shape index (κ1) is 17.2. The minimum Gasteiger partial charge on any atom is -0.497 e. The highest BCUT2D eigenvalue weighted by atomic mass is 33.1. The average Bonchev–Trinajstić information content (AvgIpc) is 2.55. The lowest BCUT2D eigenvalue weighted by atomic mass is 10.3. The Bertz CT molecular complexity index is 673. The van der Waals surface area contributed by atoms with Crippen LogP contribution in [0, 0.1) is 0 Å². The maximum Gasteiger partial charge on any atom is 0.240 e. The third kappa shape index (κ3) is 5.24. The van der Waals surface area contributed by atoms with Crippen LogP contribution >= 0.6 is 21.6 Å². The minimum atomic E-state index is -3.46. The lowest BCUT2D eigenvalue weighted by molar-refractivity contribution is 0.414. The number of rotatable bonds is 8. The fraction of sp³-hybridized carbons (Fsp3) is 0.200. The molecule has 0 saturated heterocycles. The Morgan fingerprint density at radius 3 is 2.36 bits per heavy atom. The number of sulfonamides is 1. The highest BCUT2D eigenvalue weighted by molar-refractivity contribution is 8.76. The van der Waals surface area contributed by atoms with Crippen LogP contribution in [-0.2, 0) is 10.0 Å². The molecule has 4 nitrogen and oxygen atoms in total. The molecule has 0 amide bonds. The van der Waals surface area contributed by atoms with Crippen LogP contribution in [0.5, 0.6) is 5.75 Å². The summed E-state index contributed by atoms with van der Waals surface area (Å²) < 4.78 is 31.8. The van der Waals surface area contributed by atoms with Crippen LogP contribution in [0.15, 0.2) is 64.4 Å². The van der Waals surface area contributed by atoms with Gasteiger partial charge in [-0.15, -0.1) is 0 Å². The first-order chi connectivity index (χ1) is 10.6. The molecule has 0 aliphatic heterocycles. The molecule has 118 valence electrons. The predicted molar refractivity (Wildman–Crippen MR) is 92.9 cm³/mol. The first-order valence-corrected chi connectivity index (χ1v) is 10.4. The van der Waals surface area contributed by atoms with Crippen LogP contribution in [0.1, 0.15) is 0 Å². The minimum absolute atomic E-state index is 0.244. The van der Waals surface area contributed by atoms with Gasteiger partial charge in [-0.2, -0.15) is 0 Å². The predicted octanol–water partition coefficient (Wildman–Crippen LogP) is 3.41. The summed E-state index contributed by atoms with van der Waals surface area (Å²) in [5.74, 6) is 1.32. The van der Waals surface area contributed by atoms with Crippen molar-refractivity contribution >= 4 is 31.6 Å². The molecule has 22 heavy (non-hydrogen) atoms. The summed E-state index contributed by atoms with van der Waals surface area (Å²) in [7, 11) is 1.34. The lowest BCUT2D eigenvalue weighted by Gasteiger charge is -2.07. The van der Waals surface area contributed by atoms with Gasteiger partial charge in [0, 0.05) is 17.2 Å². The molecule has 0 spiro atoms. The number of hydrogen-bond donors (Lipinski definition) is 1. The van der Waals surface area contributed by atoms with E-state index in [2.05, 4.69) is 4.72 Å². The van der Waals surface area contributed by atoms with Gasteiger partial charge in [0.25, 0.3) is 0 Å². The fourth-order valence-electron chi connectivity index (χ4n) is 1.64. The maximum absolute atomic E-state index is 12.1. The van der Waals surface area contributed by atoms with Gasteiger partial charge in [0.1, 0.15) is 5.75 Å². The zero-order valence-electron chi connectivity index (χ0n) is 12.1. The van der Waals surface area contributed by atoms with Gasteiger partial charge in [-0.25, -0.2) is 13.1 Å². The molecule has 0 heterocycles. The third-order valence-electron chi connectivity index (χ3n) is 2.75. The summed E-state index contributed by atoms with van der Waals surface area (Å²) in [5, 5.41) is 0. The summed E-state index contributed by atoms with van der Waals surface area (Å²) in [4.78, 5) is 1.40. The van der Waals surface area contributed by atoms with E-state index in [1.165, 1.54) is 12.1 Å². The van der Waals surface area contributed by atoms with E-state index in [1.54, 1.807) is 40.8 Å². The molecule has 0 radical (unpaired) electrons. The van der Waals surface area contributed by atoms with E-state index in [0.29, 0.717) is 18.0 Å². The average molecular weight is 356 g/mol. The number of methoxy groups -OCH3 is 1. The van der Waals surface area contributed by atoms with E-state index >= 15 is 0 Å². The molecule has 0 aliphatic carbocycles.